The smallest absolute Gasteiger partial charge is 0.241 e. The van der Waals surface area contributed by atoms with E-state index in [2.05, 4.69) is 39.9 Å². The quantitative estimate of drug-likeness (QED) is 0.352. The Kier molecular flexibility index (Phi) is 10.6. The molecule has 0 atom stereocenters. The van der Waals surface area contributed by atoms with Crippen LogP contribution in [0.25, 0.3) is 0 Å². The van der Waals surface area contributed by atoms with Crippen LogP contribution in [0.4, 0.5) is 0 Å². The van der Waals surface area contributed by atoms with Gasteiger partial charge in [0.2, 0.25) is 5.91 Å². The minimum atomic E-state index is -0.100. The van der Waals surface area contributed by atoms with E-state index in [1.54, 1.807) is 0 Å². The van der Waals surface area contributed by atoms with Gasteiger partial charge < -0.3 is 20.5 Å². The van der Waals surface area contributed by atoms with E-state index in [4.69, 9.17) is 4.52 Å². The number of guanidine groups is 1. The highest BCUT2D eigenvalue weighted by Crippen LogP contribution is 2.13. The molecule has 0 bridgehead atoms. The fourth-order valence-electron chi connectivity index (χ4n) is 1.60. The maximum atomic E-state index is 11.4. The predicted molar refractivity (Wildman–Crippen MR) is 97.5 cm³/mol. The van der Waals surface area contributed by atoms with Crippen LogP contribution >= 0.6 is 24.0 Å². The minimum absolute atomic E-state index is 0. The number of hydrogen-bond acceptors (Lipinski definition) is 4. The van der Waals surface area contributed by atoms with Gasteiger partial charge in [-0.2, -0.15) is 0 Å². The van der Waals surface area contributed by atoms with Crippen LogP contribution in [-0.4, -0.2) is 36.7 Å². The number of carbonyl (C=O) groups excluding carboxylic acids is 1. The third-order valence-electron chi connectivity index (χ3n) is 2.70. The number of nitrogens with one attached hydrogen (secondary N) is 3. The summed E-state index contributed by atoms with van der Waals surface area (Å²) in [5, 5.41) is 12.9. The lowest BCUT2D eigenvalue weighted by molar-refractivity contribution is -0.119. The summed E-state index contributed by atoms with van der Waals surface area (Å²) in [6, 6.07) is 1.92. The van der Waals surface area contributed by atoms with Gasteiger partial charge in [-0.25, -0.2) is 4.99 Å². The van der Waals surface area contributed by atoms with Gasteiger partial charge in [-0.1, -0.05) is 19.0 Å². The van der Waals surface area contributed by atoms with Crippen molar-refractivity contribution in [3.8, 4) is 0 Å². The lowest BCUT2D eigenvalue weighted by atomic mass is 10.1. The topological polar surface area (TPSA) is 91.5 Å². The summed E-state index contributed by atoms with van der Waals surface area (Å²) in [5.74, 6) is 1.55. The van der Waals surface area contributed by atoms with Gasteiger partial charge in [-0.3, -0.25) is 4.79 Å². The van der Waals surface area contributed by atoms with Crippen molar-refractivity contribution >= 4 is 35.8 Å². The van der Waals surface area contributed by atoms with Gasteiger partial charge in [0.15, 0.2) is 11.7 Å². The Morgan fingerprint density at radius 2 is 1.95 bits per heavy atom. The van der Waals surface area contributed by atoms with Gasteiger partial charge in [0.1, 0.15) is 6.54 Å². The van der Waals surface area contributed by atoms with Crippen LogP contribution in [0.5, 0.6) is 0 Å². The first-order valence-corrected chi connectivity index (χ1v) is 7.31. The number of carbonyl (C=O) groups is 1. The van der Waals surface area contributed by atoms with Gasteiger partial charge >= 0.3 is 0 Å². The Morgan fingerprint density at radius 1 is 1.27 bits per heavy atom. The number of likely N-dealkylation sites (N-methyl/N-ethyl adjacent to an activating group) is 1. The monoisotopic (exact) mass is 423 g/mol. The van der Waals surface area contributed by atoms with Crippen molar-refractivity contribution in [2.75, 3.05) is 19.6 Å². The molecule has 126 valence electrons. The Balaban J connectivity index is 0.00000441. The second kappa shape index (κ2) is 11.3. The molecule has 0 saturated carbocycles. The van der Waals surface area contributed by atoms with Crippen molar-refractivity contribution in [1.29, 1.82) is 0 Å². The molecule has 7 nitrogen and oxygen atoms in total. The van der Waals surface area contributed by atoms with Crippen LogP contribution in [0.2, 0.25) is 0 Å². The van der Waals surface area contributed by atoms with E-state index in [0.717, 1.165) is 18.0 Å². The lowest BCUT2D eigenvalue weighted by Gasteiger charge is -2.09. The first-order valence-electron chi connectivity index (χ1n) is 7.31. The molecule has 1 amide bonds. The predicted octanol–water partition coefficient (Wildman–Crippen LogP) is 1.61. The fourth-order valence-corrected chi connectivity index (χ4v) is 1.60. The van der Waals surface area contributed by atoms with Crippen molar-refractivity contribution in [1.82, 2.24) is 21.1 Å². The summed E-state index contributed by atoms with van der Waals surface area (Å²) in [6.45, 7) is 9.86. The summed E-state index contributed by atoms with van der Waals surface area (Å²) in [4.78, 5) is 15.6. The second-order valence-electron chi connectivity index (χ2n) is 4.88. The molecule has 1 rings (SSSR count). The third-order valence-corrected chi connectivity index (χ3v) is 2.70. The zero-order chi connectivity index (χ0) is 15.7. The van der Waals surface area contributed by atoms with Crippen molar-refractivity contribution in [2.24, 2.45) is 4.99 Å². The van der Waals surface area contributed by atoms with E-state index in [-0.39, 0.29) is 36.4 Å². The van der Waals surface area contributed by atoms with Gasteiger partial charge in [-0.15, -0.1) is 24.0 Å². The molecule has 0 aliphatic heterocycles. The highest BCUT2D eigenvalue weighted by Gasteiger charge is 2.08. The highest BCUT2D eigenvalue weighted by molar-refractivity contribution is 14.0. The lowest BCUT2D eigenvalue weighted by Crippen LogP contribution is -2.38. The van der Waals surface area contributed by atoms with E-state index in [9.17, 15) is 4.79 Å². The fraction of sp³-hybridized carbons (Fsp3) is 0.643. The van der Waals surface area contributed by atoms with Crippen LogP contribution in [0.3, 0.4) is 0 Å². The summed E-state index contributed by atoms with van der Waals surface area (Å²) >= 11 is 0. The number of aromatic nitrogens is 1. The molecule has 0 saturated heterocycles. The van der Waals surface area contributed by atoms with Crippen LogP contribution in [-0.2, 0) is 11.3 Å². The van der Waals surface area contributed by atoms with E-state index < -0.39 is 0 Å². The third kappa shape index (κ3) is 7.62. The van der Waals surface area contributed by atoms with E-state index >= 15 is 0 Å². The maximum Gasteiger partial charge on any atom is 0.241 e. The number of hydrogen-bond donors (Lipinski definition) is 3. The molecule has 0 spiro atoms. The molecule has 0 aromatic carbocycles. The highest BCUT2D eigenvalue weighted by atomic mass is 127. The molecule has 8 heteroatoms. The van der Waals surface area contributed by atoms with Crippen LogP contribution in [0.15, 0.2) is 15.6 Å². The summed E-state index contributed by atoms with van der Waals surface area (Å²) in [7, 11) is 0. The second-order valence-corrected chi connectivity index (χ2v) is 4.88. The number of aliphatic imine (C=N–C) groups is 1. The Morgan fingerprint density at radius 3 is 2.50 bits per heavy atom. The molecule has 3 N–H and O–H groups in total. The number of amides is 1. The minimum Gasteiger partial charge on any atom is -0.359 e. The van der Waals surface area contributed by atoms with Crippen molar-refractivity contribution in [3.05, 3.63) is 17.5 Å². The van der Waals surface area contributed by atoms with Crippen molar-refractivity contribution < 1.29 is 9.32 Å². The van der Waals surface area contributed by atoms with Crippen molar-refractivity contribution in [3.63, 3.8) is 0 Å². The van der Waals surface area contributed by atoms with Gasteiger partial charge in [0.05, 0.1) is 12.2 Å². The van der Waals surface area contributed by atoms with E-state index in [0.29, 0.717) is 25.0 Å². The molecule has 0 aliphatic rings. The Hall–Kier alpha value is -1.32. The Bertz CT molecular complexity index is 474. The standard InChI is InChI=1S/C14H25N5O2.HI/c1-5-15-13(20)9-18-14(16-6-2)17-8-11-7-12(10(3)4)19-21-11;/h7,10H,5-6,8-9H2,1-4H3,(H,15,20)(H2,16,17,18);1H. The first-order chi connectivity index (χ1) is 10.1. The largest absolute Gasteiger partial charge is 0.359 e. The van der Waals surface area contributed by atoms with E-state index in [1.807, 2.05) is 19.9 Å². The molecule has 0 fully saturated rings. The van der Waals surface area contributed by atoms with Crippen LogP contribution in [0, 0.1) is 0 Å². The zero-order valence-corrected chi connectivity index (χ0v) is 15.9. The average Bonchev–Trinajstić information content (AvgIpc) is 2.91. The molecule has 1 aromatic heterocycles. The summed E-state index contributed by atoms with van der Waals surface area (Å²) in [6.07, 6.45) is 0. The number of nitrogens with zero attached hydrogens (tertiary/aromatic N) is 2. The Labute approximate surface area is 148 Å². The van der Waals surface area contributed by atoms with Crippen LogP contribution < -0.4 is 16.0 Å². The molecule has 0 unspecified atom stereocenters. The van der Waals surface area contributed by atoms with E-state index in [1.165, 1.54) is 0 Å². The molecular weight excluding hydrogens is 397 g/mol. The number of halogens is 1. The molecule has 0 radical (unpaired) electrons. The number of rotatable bonds is 7. The maximum absolute atomic E-state index is 11.4. The average molecular weight is 423 g/mol. The molecular formula is C14H26IN5O2. The van der Waals surface area contributed by atoms with Crippen LogP contribution in [0.1, 0.15) is 45.1 Å². The molecule has 0 aliphatic carbocycles. The van der Waals surface area contributed by atoms with Gasteiger partial charge in [-0.05, 0) is 19.8 Å². The molecule has 22 heavy (non-hydrogen) atoms. The van der Waals surface area contributed by atoms with Gasteiger partial charge in [0.25, 0.3) is 0 Å². The van der Waals surface area contributed by atoms with Gasteiger partial charge in [0, 0.05) is 19.2 Å². The van der Waals surface area contributed by atoms with Crippen molar-refractivity contribution in [2.45, 2.75) is 40.2 Å². The molecule has 1 aromatic rings. The summed E-state index contributed by atoms with van der Waals surface area (Å²) in [5.41, 5.74) is 0.927. The summed E-state index contributed by atoms with van der Waals surface area (Å²) < 4.78 is 5.24. The zero-order valence-electron chi connectivity index (χ0n) is 13.6. The molecule has 1 heterocycles. The first kappa shape index (κ1) is 20.7. The SMILES string of the molecule is CCNC(=O)CN=C(NCC)NCc1cc(C(C)C)no1.I. The normalized spacial score (nSPS) is 11.0.